The van der Waals surface area contributed by atoms with E-state index in [0.717, 1.165) is 23.7 Å². The number of hydrogen-bond donors (Lipinski definition) is 3. The summed E-state index contributed by atoms with van der Waals surface area (Å²) in [5.74, 6) is 0.704. The minimum Gasteiger partial charge on any atom is -0.504 e. The molecular formula is C14H18N2O2. The van der Waals surface area contributed by atoms with Gasteiger partial charge < -0.3 is 20.6 Å². The number of phenolic OH excluding ortho intramolecular Hbond substituents is 1. The number of aryl methyl sites for hydroxylation is 2. The lowest BCUT2D eigenvalue weighted by Gasteiger charge is -2.10. The third-order valence-electron chi connectivity index (χ3n) is 3.55. The molecule has 0 atom stereocenters. The third kappa shape index (κ3) is 1.82. The van der Waals surface area contributed by atoms with E-state index in [4.69, 9.17) is 10.5 Å². The van der Waals surface area contributed by atoms with E-state index in [-0.39, 0.29) is 5.75 Å². The zero-order chi connectivity index (χ0) is 12.5. The Morgan fingerprint density at radius 1 is 1.28 bits per heavy atom. The maximum atomic E-state index is 9.98. The lowest BCUT2D eigenvalue weighted by molar-refractivity contribution is 0.309. The van der Waals surface area contributed by atoms with Crippen LogP contribution in [-0.2, 0) is 12.8 Å². The fraction of sp³-hybridized carbons (Fsp3) is 0.429. The summed E-state index contributed by atoms with van der Waals surface area (Å²) in [7, 11) is 0. The number of aromatic amines is 1. The van der Waals surface area contributed by atoms with E-state index >= 15 is 0 Å². The molecule has 0 radical (unpaired) electrons. The number of fused-ring (bicyclic) bond motifs is 3. The van der Waals surface area contributed by atoms with Crippen LogP contribution in [0.1, 0.15) is 24.1 Å². The van der Waals surface area contributed by atoms with Crippen LogP contribution in [0.2, 0.25) is 0 Å². The van der Waals surface area contributed by atoms with Gasteiger partial charge in [-0.2, -0.15) is 0 Å². The van der Waals surface area contributed by atoms with Crippen LogP contribution in [0.3, 0.4) is 0 Å². The average molecular weight is 246 g/mol. The van der Waals surface area contributed by atoms with E-state index < -0.39 is 0 Å². The Morgan fingerprint density at radius 2 is 2.11 bits per heavy atom. The predicted octanol–water partition coefficient (Wildman–Crippen LogP) is 2.09. The highest BCUT2D eigenvalue weighted by molar-refractivity contribution is 5.88. The number of H-pyrrole nitrogens is 1. The molecule has 0 bridgehead atoms. The van der Waals surface area contributed by atoms with Gasteiger partial charge in [0.25, 0.3) is 0 Å². The maximum absolute atomic E-state index is 9.98. The third-order valence-corrected chi connectivity index (χ3v) is 3.55. The molecule has 96 valence electrons. The Balaban J connectivity index is 2.07. The number of benzene rings is 1. The molecule has 0 amide bonds. The van der Waals surface area contributed by atoms with Gasteiger partial charge in [0, 0.05) is 29.2 Å². The van der Waals surface area contributed by atoms with Crippen LogP contribution in [0.4, 0.5) is 0 Å². The summed E-state index contributed by atoms with van der Waals surface area (Å²) < 4.78 is 5.43. The van der Waals surface area contributed by atoms with Crippen molar-refractivity contribution in [2.75, 3.05) is 13.2 Å². The van der Waals surface area contributed by atoms with Crippen molar-refractivity contribution in [3.63, 3.8) is 0 Å². The van der Waals surface area contributed by atoms with Crippen LogP contribution in [0.5, 0.6) is 11.5 Å². The van der Waals surface area contributed by atoms with Gasteiger partial charge >= 0.3 is 0 Å². The number of nitrogens with two attached hydrogens (primary N) is 1. The van der Waals surface area contributed by atoms with Crippen LogP contribution >= 0.6 is 0 Å². The van der Waals surface area contributed by atoms with Crippen molar-refractivity contribution in [3.8, 4) is 11.5 Å². The first-order valence-corrected chi connectivity index (χ1v) is 6.49. The SMILES string of the molecule is NCCOc1cc2[nH]c3c(c2cc1O)CCCC3. The Hall–Kier alpha value is -1.68. The Labute approximate surface area is 106 Å². The van der Waals surface area contributed by atoms with Crippen LogP contribution in [0, 0.1) is 0 Å². The molecule has 3 rings (SSSR count). The zero-order valence-electron chi connectivity index (χ0n) is 10.3. The van der Waals surface area contributed by atoms with E-state index in [1.54, 1.807) is 0 Å². The summed E-state index contributed by atoms with van der Waals surface area (Å²) in [6.07, 6.45) is 4.66. The molecule has 0 spiro atoms. The first-order valence-electron chi connectivity index (χ1n) is 6.49. The summed E-state index contributed by atoms with van der Waals surface area (Å²) in [4.78, 5) is 3.44. The Bertz CT molecular complexity index is 575. The Kier molecular flexibility index (Phi) is 2.88. The van der Waals surface area contributed by atoms with Crippen molar-refractivity contribution < 1.29 is 9.84 Å². The molecule has 0 unspecified atom stereocenters. The van der Waals surface area contributed by atoms with Crippen molar-refractivity contribution in [3.05, 3.63) is 23.4 Å². The van der Waals surface area contributed by atoms with Gasteiger partial charge in [-0.1, -0.05) is 0 Å². The number of ether oxygens (including phenoxy) is 1. The summed E-state index contributed by atoms with van der Waals surface area (Å²) >= 11 is 0. The molecule has 2 aromatic rings. The first-order chi connectivity index (χ1) is 8.79. The molecule has 4 nitrogen and oxygen atoms in total. The molecule has 4 heteroatoms. The molecule has 1 heterocycles. The lowest BCUT2D eigenvalue weighted by Crippen LogP contribution is -2.10. The molecule has 1 aliphatic rings. The smallest absolute Gasteiger partial charge is 0.163 e. The van der Waals surface area contributed by atoms with E-state index in [9.17, 15) is 5.11 Å². The quantitative estimate of drug-likeness (QED) is 0.776. The number of hydrogen-bond acceptors (Lipinski definition) is 3. The highest BCUT2D eigenvalue weighted by Gasteiger charge is 2.17. The van der Waals surface area contributed by atoms with Crippen molar-refractivity contribution in [1.82, 2.24) is 4.98 Å². The molecule has 4 N–H and O–H groups in total. The van der Waals surface area contributed by atoms with Crippen LogP contribution in [-0.4, -0.2) is 23.2 Å². The van der Waals surface area contributed by atoms with Gasteiger partial charge in [-0.05, 0) is 37.3 Å². The number of aromatic hydroxyl groups is 1. The molecule has 0 saturated carbocycles. The first kappa shape index (κ1) is 11.4. The number of phenols is 1. The van der Waals surface area contributed by atoms with Crippen molar-refractivity contribution in [2.45, 2.75) is 25.7 Å². The molecule has 1 aromatic carbocycles. The second kappa shape index (κ2) is 4.53. The van der Waals surface area contributed by atoms with Gasteiger partial charge in [0.15, 0.2) is 11.5 Å². The van der Waals surface area contributed by atoms with Gasteiger partial charge in [-0.15, -0.1) is 0 Å². The molecule has 1 aromatic heterocycles. The normalized spacial score (nSPS) is 14.7. The molecule has 0 fully saturated rings. The summed E-state index contributed by atoms with van der Waals surface area (Å²) in [6.45, 7) is 0.859. The van der Waals surface area contributed by atoms with Gasteiger partial charge in [-0.3, -0.25) is 0 Å². The lowest BCUT2D eigenvalue weighted by atomic mass is 9.95. The van der Waals surface area contributed by atoms with Crippen molar-refractivity contribution >= 4 is 10.9 Å². The molecule has 1 aliphatic carbocycles. The Morgan fingerprint density at radius 3 is 2.94 bits per heavy atom. The van der Waals surface area contributed by atoms with Crippen LogP contribution in [0.15, 0.2) is 12.1 Å². The topological polar surface area (TPSA) is 71.3 Å². The second-order valence-corrected chi connectivity index (χ2v) is 4.79. The summed E-state index contributed by atoms with van der Waals surface area (Å²) in [6, 6.07) is 3.68. The fourth-order valence-corrected chi connectivity index (χ4v) is 2.71. The number of aromatic nitrogens is 1. The van der Waals surface area contributed by atoms with Crippen molar-refractivity contribution in [1.29, 1.82) is 0 Å². The largest absolute Gasteiger partial charge is 0.504 e. The molecule has 0 aliphatic heterocycles. The van der Waals surface area contributed by atoms with Crippen molar-refractivity contribution in [2.24, 2.45) is 5.73 Å². The number of rotatable bonds is 3. The second-order valence-electron chi connectivity index (χ2n) is 4.79. The predicted molar refractivity (Wildman–Crippen MR) is 71.2 cm³/mol. The highest BCUT2D eigenvalue weighted by Crippen LogP contribution is 2.36. The summed E-state index contributed by atoms with van der Waals surface area (Å²) in [5.41, 5.74) is 9.12. The molecule has 0 saturated heterocycles. The molecular weight excluding hydrogens is 228 g/mol. The molecule has 18 heavy (non-hydrogen) atoms. The van der Waals surface area contributed by atoms with Crippen LogP contribution < -0.4 is 10.5 Å². The van der Waals surface area contributed by atoms with Gasteiger partial charge in [0.1, 0.15) is 6.61 Å². The van der Waals surface area contributed by atoms with E-state index in [0.29, 0.717) is 18.9 Å². The number of nitrogens with one attached hydrogen (secondary N) is 1. The highest BCUT2D eigenvalue weighted by atomic mass is 16.5. The van der Waals surface area contributed by atoms with Crippen LogP contribution in [0.25, 0.3) is 10.9 Å². The minimum absolute atomic E-state index is 0.198. The van der Waals surface area contributed by atoms with E-state index in [2.05, 4.69) is 4.98 Å². The monoisotopic (exact) mass is 246 g/mol. The fourth-order valence-electron chi connectivity index (χ4n) is 2.71. The van der Waals surface area contributed by atoms with Gasteiger partial charge in [-0.25, -0.2) is 0 Å². The summed E-state index contributed by atoms with van der Waals surface area (Å²) in [5, 5.41) is 11.1. The zero-order valence-corrected chi connectivity index (χ0v) is 10.3. The van der Waals surface area contributed by atoms with E-state index in [1.807, 2.05) is 12.1 Å². The maximum Gasteiger partial charge on any atom is 0.163 e. The standard InChI is InChI=1S/C14H18N2O2/c15-5-6-18-14-8-12-10(7-13(14)17)9-3-1-2-4-11(9)16-12/h7-8,16-17H,1-6,15H2. The average Bonchev–Trinajstić information content (AvgIpc) is 2.74. The van der Waals surface area contributed by atoms with Gasteiger partial charge in [0.2, 0.25) is 0 Å². The van der Waals surface area contributed by atoms with E-state index in [1.165, 1.54) is 24.1 Å². The minimum atomic E-state index is 0.198. The van der Waals surface area contributed by atoms with Gasteiger partial charge in [0.05, 0.1) is 0 Å².